The number of H-pyrrole nitrogens is 1. The van der Waals surface area contributed by atoms with Gasteiger partial charge in [0.1, 0.15) is 11.5 Å². The molecule has 4 nitrogen and oxygen atoms in total. The lowest BCUT2D eigenvalue weighted by atomic mass is 10.0. The fourth-order valence-corrected chi connectivity index (χ4v) is 2.62. The first-order chi connectivity index (χ1) is 11.3. The van der Waals surface area contributed by atoms with Gasteiger partial charge in [0.05, 0.1) is 23.8 Å². The Hall–Kier alpha value is -2.70. The number of halogens is 3. The first-order valence-electron chi connectivity index (χ1n) is 7.18. The van der Waals surface area contributed by atoms with E-state index >= 15 is 0 Å². The van der Waals surface area contributed by atoms with E-state index in [9.17, 15) is 13.2 Å². The van der Waals surface area contributed by atoms with Crippen LogP contribution in [0, 0.1) is 13.8 Å². The van der Waals surface area contributed by atoms with Gasteiger partial charge in [-0.15, -0.1) is 13.2 Å². The molecule has 0 spiro atoms. The van der Waals surface area contributed by atoms with E-state index < -0.39 is 6.36 Å². The van der Waals surface area contributed by atoms with E-state index in [0.717, 1.165) is 22.2 Å². The third-order valence-electron chi connectivity index (χ3n) is 3.69. The van der Waals surface area contributed by atoms with E-state index in [0.29, 0.717) is 11.3 Å². The largest absolute Gasteiger partial charge is 0.573 e. The summed E-state index contributed by atoms with van der Waals surface area (Å²) in [6, 6.07) is 5.92. The Labute approximate surface area is 136 Å². The topological polar surface area (TPSA) is 47.1 Å². The highest BCUT2D eigenvalue weighted by Gasteiger charge is 2.31. The van der Waals surface area contributed by atoms with Gasteiger partial charge in [-0.3, -0.25) is 0 Å². The number of aromatic amines is 1. The van der Waals surface area contributed by atoms with Crippen molar-refractivity contribution in [2.45, 2.75) is 20.2 Å². The molecule has 0 aliphatic heterocycles. The quantitative estimate of drug-likeness (QED) is 0.750. The number of aromatic nitrogens is 2. The van der Waals surface area contributed by atoms with Crippen LogP contribution in [0.2, 0.25) is 0 Å². The summed E-state index contributed by atoms with van der Waals surface area (Å²) >= 11 is 0. The Morgan fingerprint density at radius 3 is 2.50 bits per heavy atom. The van der Waals surface area contributed by atoms with Crippen molar-refractivity contribution in [2.24, 2.45) is 0 Å². The summed E-state index contributed by atoms with van der Waals surface area (Å²) in [6.45, 7) is 3.82. The highest BCUT2D eigenvalue weighted by Crippen LogP contribution is 2.36. The maximum atomic E-state index is 12.4. The molecule has 0 saturated carbocycles. The van der Waals surface area contributed by atoms with Gasteiger partial charge >= 0.3 is 6.36 Å². The molecule has 3 aromatic rings. The minimum atomic E-state index is -4.75. The van der Waals surface area contributed by atoms with Crippen LogP contribution in [-0.2, 0) is 0 Å². The molecule has 7 heteroatoms. The Kier molecular flexibility index (Phi) is 3.87. The number of hydrogen-bond donors (Lipinski definition) is 1. The minimum absolute atomic E-state index is 0.264. The van der Waals surface area contributed by atoms with E-state index in [1.807, 2.05) is 26.1 Å². The highest BCUT2D eigenvalue weighted by atomic mass is 19.4. The highest BCUT2D eigenvalue weighted by molar-refractivity contribution is 5.84. The Morgan fingerprint density at radius 2 is 1.83 bits per heavy atom. The van der Waals surface area contributed by atoms with E-state index in [4.69, 9.17) is 4.74 Å². The predicted molar refractivity (Wildman–Crippen MR) is 84.2 cm³/mol. The maximum absolute atomic E-state index is 12.4. The van der Waals surface area contributed by atoms with E-state index in [2.05, 4.69) is 14.7 Å². The third kappa shape index (κ3) is 3.02. The van der Waals surface area contributed by atoms with Crippen molar-refractivity contribution in [3.63, 3.8) is 0 Å². The summed E-state index contributed by atoms with van der Waals surface area (Å²) in [5.41, 5.74) is 4.85. The lowest BCUT2D eigenvalue weighted by Crippen LogP contribution is -2.17. The molecule has 0 aliphatic carbocycles. The number of alkyl halides is 3. The summed E-state index contributed by atoms with van der Waals surface area (Å²) < 4.78 is 46.3. The molecule has 1 N–H and O–H groups in total. The molecule has 0 saturated heterocycles. The molecular formula is C17H15F3N2O2. The molecule has 1 aromatic carbocycles. The number of fused-ring (bicyclic) bond motifs is 1. The molecule has 0 atom stereocenters. The van der Waals surface area contributed by atoms with Crippen LogP contribution < -0.4 is 9.47 Å². The van der Waals surface area contributed by atoms with Crippen molar-refractivity contribution in [3.8, 4) is 22.8 Å². The normalized spacial score (nSPS) is 11.8. The third-order valence-corrected chi connectivity index (χ3v) is 3.69. The number of nitrogens with one attached hydrogen (secondary N) is 1. The van der Waals surface area contributed by atoms with Gasteiger partial charge in [0.2, 0.25) is 0 Å². The number of benzene rings is 1. The van der Waals surface area contributed by atoms with E-state index in [-0.39, 0.29) is 11.5 Å². The van der Waals surface area contributed by atoms with E-state index in [1.54, 1.807) is 0 Å². The monoisotopic (exact) mass is 336 g/mol. The van der Waals surface area contributed by atoms with Gasteiger partial charge in [-0.25, -0.2) is 4.98 Å². The SMILES string of the molecule is COc1cc(OC(F)(F)F)ccc1-c1nc2c(C)c[nH]c2cc1C. The number of methoxy groups -OCH3 is 1. The number of aryl methyl sites for hydroxylation is 2. The number of nitrogens with zero attached hydrogens (tertiary/aromatic N) is 1. The summed E-state index contributed by atoms with van der Waals surface area (Å²) in [6.07, 6.45) is -2.89. The van der Waals surface area contributed by atoms with Crippen LogP contribution in [-0.4, -0.2) is 23.4 Å². The smallest absolute Gasteiger partial charge is 0.496 e. The van der Waals surface area contributed by atoms with Crippen molar-refractivity contribution in [1.82, 2.24) is 9.97 Å². The van der Waals surface area contributed by atoms with Gasteiger partial charge in [-0.05, 0) is 43.2 Å². The summed E-state index contributed by atoms with van der Waals surface area (Å²) in [7, 11) is 1.39. The Balaban J connectivity index is 2.11. The molecule has 24 heavy (non-hydrogen) atoms. The number of rotatable bonds is 3. The van der Waals surface area contributed by atoms with Gasteiger partial charge in [-0.1, -0.05) is 0 Å². The second-order valence-corrected chi connectivity index (χ2v) is 5.43. The summed E-state index contributed by atoms with van der Waals surface area (Å²) in [5.74, 6) is -0.0699. The second-order valence-electron chi connectivity index (χ2n) is 5.43. The van der Waals surface area contributed by atoms with Crippen molar-refractivity contribution < 1.29 is 22.6 Å². The summed E-state index contributed by atoms with van der Waals surface area (Å²) in [4.78, 5) is 7.78. The van der Waals surface area contributed by atoms with Gasteiger partial charge < -0.3 is 14.5 Å². The predicted octanol–water partition coefficient (Wildman–Crippen LogP) is 4.75. The van der Waals surface area contributed by atoms with Crippen LogP contribution in [0.1, 0.15) is 11.1 Å². The standard InChI is InChI=1S/C17H15F3N2O2/c1-9-6-13-16(10(2)8-21-13)22-15(9)12-5-4-11(7-14(12)23-3)24-17(18,19)20/h4-8,21H,1-3H3. The number of pyridine rings is 1. The van der Waals surface area contributed by atoms with Gasteiger partial charge in [-0.2, -0.15) is 0 Å². The average Bonchev–Trinajstić information content (AvgIpc) is 2.85. The number of hydrogen-bond acceptors (Lipinski definition) is 3. The van der Waals surface area contributed by atoms with Crippen molar-refractivity contribution >= 4 is 11.0 Å². The Morgan fingerprint density at radius 1 is 1.08 bits per heavy atom. The molecule has 2 aromatic heterocycles. The molecule has 0 fully saturated rings. The first-order valence-corrected chi connectivity index (χ1v) is 7.18. The fourth-order valence-electron chi connectivity index (χ4n) is 2.62. The van der Waals surface area contributed by atoms with Gasteiger partial charge in [0.25, 0.3) is 0 Å². The molecule has 0 unspecified atom stereocenters. The molecule has 0 amide bonds. The first kappa shape index (κ1) is 16.2. The van der Waals surface area contributed by atoms with Crippen LogP contribution in [0.5, 0.6) is 11.5 Å². The minimum Gasteiger partial charge on any atom is -0.496 e. The van der Waals surface area contributed by atoms with Crippen molar-refractivity contribution in [2.75, 3.05) is 7.11 Å². The van der Waals surface area contributed by atoms with Crippen molar-refractivity contribution in [3.05, 3.63) is 41.6 Å². The van der Waals surface area contributed by atoms with Crippen LogP contribution in [0.15, 0.2) is 30.5 Å². The zero-order valence-corrected chi connectivity index (χ0v) is 13.3. The summed E-state index contributed by atoms with van der Waals surface area (Å²) in [5, 5.41) is 0. The van der Waals surface area contributed by atoms with Gasteiger partial charge in [0, 0.05) is 17.8 Å². The van der Waals surface area contributed by atoms with Crippen LogP contribution in [0.25, 0.3) is 22.3 Å². The van der Waals surface area contributed by atoms with Crippen LogP contribution in [0.3, 0.4) is 0 Å². The zero-order valence-electron chi connectivity index (χ0n) is 13.3. The van der Waals surface area contributed by atoms with E-state index in [1.165, 1.54) is 25.3 Å². The lowest BCUT2D eigenvalue weighted by Gasteiger charge is -2.14. The maximum Gasteiger partial charge on any atom is 0.573 e. The Bertz CT molecular complexity index is 901. The molecule has 0 aliphatic rings. The molecule has 0 bridgehead atoms. The van der Waals surface area contributed by atoms with Gasteiger partial charge in [0.15, 0.2) is 0 Å². The average molecular weight is 336 g/mol. The van der Waals surface area contributed by atoms with Crippen LogP contribution >= 0.6 is 0 Å². The second kappa shape index (κ2) is 5.74. The number of ether oxygens (including phenoxy) is 2. The van der Waals surface area contributed by atoms with Crippen LogP contribution in [0.4, 0.5) is 13.2 Å². The lowest BCUT2D eigenvalue weighted by molar-refractivity contribution is -0.274. The molecule has 0 radical (unpaired) electrons. The molecule has 2 heterocycles. The fraction of sp³-hybridized carbons (Fsp3) is 0.235. The molecule has 3 rings (SSSR count). The van der Waals surface area contributed by atoms with Crippen molar-refractivity contribution in [1.29, 1.82) is 0 Å². The molecular weight excluding hydrogens is 321 g/mol. The molecule has 126 valence electrons. The zero-order chi connectivity index (χ0) is 17.5.